The Kier molecular flexibility index (Phi) is 8.20. The van der Waals surface area contributed by atoms with E-state index < -0.39 is 6.17 Å². The number of aliphatic imine (C=N–C) groups is 2. The third-order valence-electron chi connectivity index (χ3n) is 12.2. The van der Waals surface area contributed by atoms with Crippen molar-refractivity contribution in [2.24, 2.45) is 9.98 Å². The first kappa shape index (κ1) is 34.9. The van der Waals surface area contributed by atoms with Crippen molar-refractivity contribution in [1.82, 2.24) is 9.88 Å². The first-order chi connectivity index (χ1) is 30.2. The van der Waals surface area contributed by atoms with Crippen molar-refractivity contribution < 1.29 is 0 Å². The molecule has 0 fully saturated rings. The lowest BCUT2D eigenvalue weighted by Crippen LogP contribution is -2.36. The highest BCUT2D eigenvalue weighted by Crippen LogP contribution is 2.40. The van der Waals surface area contributed by atoms with E-state index in [9.17, 15) is 0 Å². The second kappa shape index (κ2) is 14.3. The molecule has 1 aromatic heterocycles. The number of nitrogens with zero attached hydrogens (tertiary/aromatic N) is 3. The summed E-state index contributed by atoms with van der Waals surface area (Å²) in [5.41, 5.74) is 11.2. The molecule has 0 aliphatic carbocycles. The highest BCUT2D eigenvalue weighted by atomic mass is 15.2. The third kappa shape index (κ3) is 6.08. The van der Waals surface area contributed by atoms with Crippen LogP contribution in [0.25, 0.3) is 82.1 Å². The van der Waals surface area contributed by atoms with Crippen LogP contribution in [0, 0.1) is 0 Å². The molecule has 1 atom stereocenters. The minimum Gasteiger partial charge on any atom is -0.324 e. The lowest BCUT2D eigenvalue weighted by Gasteiger charge is -2.24. The standard InChI is InChI=1S/C57H38N4/c1-3-13-37(14-4-1)43-23-24-45-34-46(26-25-44(45)33-43)56-58-55(40-16-5-2-6-17-40)59-57(60-56)50-22-12-11-20-48(50)39-27-30-47(31-28-39)61-52-32-29-38-15-9-10-21-49(38)54(52)51-35-41-18-7-8-19-42(41)36-53(51)61/h1-36,57H,(H,58,59,60). The molecule has 11 aromatic rings. The summed E-state index contributed by atoms with van der Waals surface area (Å²) in [6, 6.07) is 78.3. The number of hydrogen-bond acceptors (Lipinski definition) is 3. The predicted octanol–water partition coefficient (Wildman–Crippen LogP) is 14.1. The second-order valence-corrected chi connectivity index (χ2v) is 15.8. The highest BCUT2D eigenvalue weighted by molar-refractivity contribution is 6.23. The lowest BCUT2D eigenvalue weighted by atomic mass is 9.97. The third-order valence-corrected chi connectivity index (χ3v) is 12.2. The van der Waals surface area contributed by atoms with Gasteiger partial charge in [0, 0.05) is 33.2 Å². The summed E-state index contributed by atoms with van der Waals surface area (Å²) in [7, 11) is 0. The molecule has 10 aromatic carbocycles. The van der Waals surface area contributed by atoms with Gasteiger partial charge in [0.1, 0.15) is 11.7 Å². The van der Waals surface area contributed by atoms with Crippen LogP contribution >= 0.6 is 0 Å². The molecule has 61 heavy (non-hydrogen) atoms. The van der Waals surface area contributed by atoms with Crippen LogP contribution in [0.3, 0.4) is 0 Å². The number of amidine groups is 2. The van der Waals surface area contributed by atoms with E-state index in [2.05, 4.69) is 222 Å². The highest BCUT2D eigenvalue weighted by Gasteiger charge is 2.24. The van der Waals surface area contributed by atoms with Gasteiger partial charge >= 0.3 is 0 Å². The quantitative estimate of drug-likeness (QED) is 0.179. The maximum atomic E-state index is 5.35. The first-order valence-electron chi connectivity index (χ1n) is 20.8. The first-order valence-corrected chi connectivity index (χ1v) is 20.8. The minimum atomic E-state index is -0.461. The van der Waals surface area contributed by atoms with E-state index in [0.29, 0.717) is 0 Å². The van der Waals surface area contributed by atoms with E-state index in [1.165, 1.54) is 59.9 Å². The van der Waals surface area contributed by atoms with Crippen LogP contribution < -0.4 is 5.32 Å². The number of fused-ring (bicyclic) bond motifs is 7. The molecule has 0 amide bonds. The van der Waals surface area contributed by atoms with E-state index in [1.54, 1.807) is 0 Å². The molecule has 0 saturated carbocycles. The van der Waals surface area contributed by atoms with Gasteiger partial charge in [0.25, 0.3) is 0 Å². The summed E-state index contributed by atoms with van der Waals surface area (Å²) < 4.78 is 2.42. The molecule has 286 valence electrons. The van der Waals surface area contributed by atoms with Crippen LogP contribution in [-0.2, 0) is 0 Å². The van der Waals surface area contributed by atoms with Gasteiger partial charge in [0.2, 0.25) is 0 Å². The average molecular weight is 779 g/mol. The van der Waals surface area contributed by atoms with Gasteiger partial charge < -0.3 is 9.88 Å². The van der Waals surface area contributed by atoms with Crippen LogP contribution in [0.4, 0.5) is 0 Å². The molecule has 1 unspecified atom stereocenters. The molecule has 12 rings (SSSR count). The average Bonchev–Trinajstić information content (AvgIpc) is 3.66. The van der Waals surface area contributed by atoms with Gasteiger partial charge in [-0.1, -0.05) is 176 Å². The van der Waals surface area contributed by atoms with Crippen molar-refractivity contribution in [2.45, 2.75) is 6.17 Å². The molecule has 1 aliphatic heterocycles. The summed E-state index contributed by atoms with van der Waals surface area (Å²) in [4.78, 5) is 10.6. The summed E-state index contributed by atoms with van der Waals surface area (Å²) >= 11 is 0. The molecule has 0 radical (unpaired) electrons. The molecule has 0 bridgehead atoms. The maximum absolute atomic E-state index is 5.35. The van der Waals surface area contributed by atoms with Crippen LogP contribution in [0.15, 0.2) is 228 Å². The molecule has 1 N–H and O–H groups in total. The fourth-order valence-electron chi connectivity index (χ4n) is 9.21. The van der Waals surface area contributed by atoms with Gasteiger partial charge in [0.05, 0.1) is 11.0 Å². The van der Waals surface area contributed by atoms with Crippen LogP contribution in [0.1, 0.15) is 22.9 Å². The van der Waals surface area contributed by atoms with Crippen LogP contribution in [0.2, 0.25) is 0 Å². The summed E-state index contributed by atoms with van der Waals surface area (Å²) in [6.07, 6.45) is -0.461. The summed E-state index contributed by atoms with van der Waals surface area (Å²) in [6.45, 7) is 0. The van der Waals surface area contributed by atoms with Crippen molar-refractivity contribution in [1.29, 1.82) is 0 Å². The maximum Gasteiger partial charge on any atom is 0.170 e. The Labute approximate surface area is 353 Å². The molecule has 4 nitrogen and oxygen atoms in total. The van der Waals surface area contributed by atoms with Crippen LogP contribution in [-0.4, -0.2) is 16.2 Å². The Morgan fingerprint density at radius 3 is 1.69 bits per heavy atom. The fourth-order valence-corrected chi connectivity index (χ4v) is 9.21. The summed E-state index contributed by atoms with van der Waals surface area (Å²) in [5, 5.41) is 13.5. The predicted molar refractivity (Wildman–Crippen MR) is 256 cm³/mol. The zero-order chi connectivity index (χ0) is 40.3. The second-order valence-electron chi connectivity index (χ2n) is 15.8. The molecule has 0 saturated heterocycles. The SMILES string of the molecule is c1ccc(C2=NC(c3ccccc3-c3ccc(-n4c5cc6ccccc6cc5c5c6ccccc6ccc54)cc3)N=C(c3ccc4cc(-c5ccccc5)ccc4c3)N2)cc1. The van der Waals surface area contributed by atoms with Crippen LogP contribution in [0.5, 0.6) is 0 Å². The zero-order valence-corrected chi connectivity index (χ0v) is 33.2. The van der Waals surface area contributed by atoms with E-state index in [4.69, 9.17) is 9.98 Å². The van der Waals surface area contributed by atoms with E-state index in [0.717, 1.165) is 50.6 Å². The fraction of sp³-hybridized carbons (Fsp3) is 0.0175. The van der Waals surface area contributed by atoms with E-state index >= 15 is 0 Å². The molecular formula is C57H38N4. The Hall–Kier alpha value is -8.08. The monoisotopic (exact) mass is 778 g/mol. The lowest BCUT2D eigenvalue weighted by molar-refractivity contribution is 0.757. The van der Waals surface area contributed by atoms with Crippen molar-refractivity contribution in [3.63, 3.8) is 0 Å². The largest absolute Gasteiger partial charge is 0.324 e. The van der Waals surface area contributed by atoms with Gasteiger partial charge in [-0.15, -0.1) is 0 Å². The van der Waals surface area contributed by atoms with Gasteiger partial charge in [0.15, 0.2) is 6.17 Å². The number of aromatic nitrogens is 1. The Morgan fingerprint density at radius 2 is 0.918 bits per heavy atom. The zero-order valence-electron chi connectivity index (χ0n) is 33.2. The number of nitrogens with one attached hydrogen (secondary N) is 1. The smallest absolute Gasteiger partial charge is 0.170 e. The Morgan fingerprint density at radius 1 is 0.361 bits per heavy atom. The Balaban J connectivity index is 0.956. The van der Waals surface area contributed by atoms with E-state index in [1.807, 2.05) is 6.07 Å². The summed E-state index contributed by atoms with van der Waals surface area (Å²) in [5.74, 6) is 1.59. The van der Waals surface area contributed by atoms with Gasteiger partial charge in [-0.25, -0.2) is 9.98 Å². The molecule has 1 aliphatic rings. The normalized spacial score (nSPS) is 14.1. The van der Waals surface area contributed by atoms with E-state index in [-0.39, 0.29) is 0 Å². The number of rotatable bonds is 6. The van der Waals surface area contributed by atoms with Gasteiger partial charge in [-0.3, -0.25) is 0 Å². The van der Waals surface area contributed by atoms with Gasteiger partial charge in [-0.05, 0) is 97.0 Å². The topological polar surface area (TPSA) is 41.7 Å². The molecule has 0 spiro atoms. The molecule has 4 heteroatoms. The van der Waals surface area contributed by atoms with Gasteiger partial charge in [-0.2, -0.15) is 0 Å². The Bertz CT molecular complexity index is 3540. The van der Waals surface area contributed by atoms with Crippen molar-refractivity contribution in [3.05, 3.63) is 235 Å². The minimum absolute atomic E-state index is 0.461. The number of hydrogen-bond donors (Lipinski definition) is 1. The van der Waals surface area contributed by atoms with Crippen molar-refractivity contribution in [2.75, 3.05) is 0 Å². The van der Waals surface area contributed by atoms with Crippen molar-refractivity contribution in [3.8, 4) is 27.9 Å². The molecular weight excluding hydrogens is 741 g/mol. The molecule has 2 heterocycles. The number of benzene rings is 10. The van der Waals surface area contributed by atoms with Crippen molar-refractivity contribution >= 4 is 65.8 Å².